The molecule has 5 rings (SSSR count). The van der Waals surface area contributed by atoms with Crippen molar-refractivity contribution in [2.45, 2.75) is 38.1 Å². The Morgan fingerprint density at radius 2 is 2.14 bits per heavy atom. The van der Waals surface area contributed by atoms with Crippen molar-refractivity contribution < 1.29 is 14.3 Å². The van der Waals surface area contributed by atoms with Crippen LogP contribution >= 0.6 is 0 Å². The first kappa shape index (κ1) is 17.4. The van der Waals surface area contributed by atoms with Crippen LogP contribution in [0.4, 0.5) is 10.1 Å². The van der Waals surface area contributed by atoms with Crippen LogP contribution < -0.4 is 15.8 Å². The van der Waals surface area contributed by atoms with Gasteiger partial charge in [0.1, 0.15) is 5.56 Å². The van der Waals surface area contributed by atoms with Gasteiger partial charge in [0, 0.05) is 19.1 Å². The van der Waals surface area contributed by atoms with Crippen molar-refractivity contribution in [1.82, 2.24) is 9.72 Å². The van der Waals surface area contributed by atoms with Crippen molar-refractivity contribution >= 4 is 17.2 Å². The lowest BCUT2D eigenvalue weighted by atomic mass is 10.0. The van der Waals surface area contributed by atoms with Crippen molar-refractivity contribution in [1.29, 1.82) is 0 Å². The van der Waals surface area contributed by atoms with Crippen LogP contribution in [0.25, 0.3) is 5.52 Å². The topological polar surface area (TPSA) is 74.0 Å². The number of aromatic nitrogens is 1. The number of carboxylic acid groups (broad SMARTS) is 1. The fourth-order valence-electron chi connectivity index (χ4n) is 4.71. The fourth-order valence-corrected chi connectivity index (χ4v) is 4.71. The molecule has 1 saturated carbocycles. The molecule has 0 amide bonds. The number of hydrogen-bond acceptors (Lipinski definition) is 4. The second-order valence-electron chi connectivity index (χ2n) is 8.02. The van der Waals surface area contributed by atoms with E-state index in [0.717, 1.165) is 31.4 Å². The Balaban J connectivity index is 1.72. The summed E-state index contributed by atoms with van der Waals surface area (Å²) in [4.78, 5) is 26.2. The smallest absolute Gasteiger partial charge is 0.341 e. The lowest BCUT2D eigenvalue weighted by Gasteiger charge is -2.24. The number of rotatable bonds is 3. The Morgan fingerprint density at radius 1 is 1.36 bits per heavy atom. The minimum atomic E-state index is -1.27. The molecular weight excluding hydrogens is 361 g/mol. The summed E-state index contributed by atoms with van der Waals surface area (Å²) in [7, 11) is 0. The van der Waals surface area contributed by atoms with Crippen LogP contribution in [0.2, 0.25) is 0 Å². The quantitative estimate of drug-likeness (QED) is 0.797. The van der Waals surface area contributed by atoms with Crippen molar-refractivity contribution in [3.05, 3.63) is 56.8 Å². The predicted molar refractivity (Wildman–Crippen MR) is 104 cm³/mol. The number of halogens is 1. The zero-order valence-electron chi connectivity index (χ0n) is 15.7. The van der Waals surface area contributed by atoms with Crippen molar-refractivity contribution in [2.24, 2.45) is 0 Å². The number of anilines is 1. The van der Waals surface area contributed by atoms with Gasteiger partial charge in [0.2, 0.25) is 0 Å². The number of pyridine rings is 2. The van der Waals surface area contributed by atoms with E-state index in [9.17, 15) is 14.7 Å². The second kappa shape index (κ2) is 6.17. The van der Waals surface area contributed by atoms with Crippen LogP contribution in [-0.2, 0) is 0 Å². The highest BCUT2D eigenvalue weighted by molar-refractivity contribution is 5.89. The first-order valence-electron chi connectivity index (χ1n) is 9.74. The van der Waals surface area contributed by atoms with Gasteiger partial charge in [0.15, 0.2) is 5.82 Å². The molecule has 0 spiro atoms. The number of carbonyl (C=O) groups is 1. The second-order valence-corrected chi connectivity index (χ2v) is 8.02. The third-order valence-corrected chi connectivity index (χ3v) is 6.17. The van der Waals surface area contributed by atoms with Gasteiger partial charge in [-0.1, -0.05) is 6.08 Å². The van der Waals surface area contributed by atoms with Gasteiger partial charge in [-0.05, 0) is 61.4 Å². The van der Waals surface area contributed by atoms with E-state index >= 15 is 4.39 Å². The summed E-state index contributed by atoms with van der Waals surface area (Å²) in [6.07, 6.45) is 6.30. The molecular formula is C21H22FN3O3. The van der Waals surface area contributed by atoms with Crippen LogP contribution in [0.1, 0.15) is 46.7 Å². The van der Waals surface area contributed by atoms with Crippen LogP contribution in [-0.4, -0.2) is 41.2 Å². The molecule has 0 aromatic carbocycles. The monoisotopic (exact) mass is 383 g/mol. The minimum Gasteiger partial charge on any atom is -0.477 e. The van der Waals surface area contributed by atoms with E-state index < -0.39 is 17.3 Å². The highest BCUT2D eigenvalue weighted by Crippen LogP contribution is 2.44. The normalized spacial score (nSPS) is 21.7. The molecule has 28 heavy (non-hydrogen) atoms. The number of aryl methyl sites for hydroxylation is 1. The van der Waals surface area contributed by atoms with Gasteiger partial charge in [-0.2, -0.15) is 0 Å². The maximum atomic E-state index is 15.2. The molecule has 0 bridgehead atoms. The van der Waals surface area contributed by atoms with E-state index in [0.29, 0.717) is 29.9 Å². The number of carboxylic acids is 1. The first-order chi connectivity index (χ1) is 13.5. The summed E-state index contributed by atoms with van der Waals surface area (Å²) in [5, 5.41) is 12.9. The number of hydrogen-bond donors (Lipinski definition) is 2. The highest BCUT2D eigenvalue weighted by Gasteiger charge is 2.34. The van der Waals surface area contributed by atoms with Gasteiger partial charge in [-0.3, -0.25) is 9.20 Å². The molecule has 2 aromatic rings. The van der Waals surface area contributed by atoms with Crippen molar-refractivity contribution in [3.8, 4) is 0 Å². The zero-order valence-corrected chi connectivity index (χ0v) is 15.7. The van der Waals surface area contributed by atoms with E-state index in [1.165, 1.54) is 22.2 Å². The third-order valence-electron chi connectivity index (χ3n) is 6.17. The molecule has 4 heterocycles. The Bertz CT molecular complexity index is 1100. The Morgan fingerprint density at radius 3 is 2.82 bits per heavy atom. The summed E-state index contributed by atoms with van der Waals surface area (Å²) in [6.45, 7) is 4.13. The molecule has 2 fully saturated rings. The summed E-state index contributed by atoms with van der Waals surface area (Å²) < 4.78 is 16.4. The van der Waals surface area contributed by atoms with Crippen molar-refractivity contribution in [2.75, 3.05) is 24.5 Å². The lowest BCUT2D eigenvalue weighted by molar-refractivity contribution is 0.0694. The molecule has 1 aliphatic carbocycles. The molecule has 146 valence electrons. The molecule has 2 N–H and O–H groups in total. The van der Waals surface area contributed by atoms with Crippen LogP contribution in [0.5, 0.6) is 0 Å². The number of fused-ring (bicyclic) bond motifs is 2. The van der Waals surface area contributed by atoms with Gasteiger partial charge >= 0.3 is 5.97 Å². The molecule has 1 saturated heterocycles. The SMILES string of the molecule is Cc1c(N2CC3=CCCN[C@H]3C2)c(F)cn2c(=O)c(C(=O)O)cc(C3CC3)c12. The lowest BCUT2D eigenvalue weighted by Crippen LogP contribution is -2.36. The molecule has 1 atom stereocenters. The van der Waals surface area contributed by atoms with Crippen LogP contribution in [0, 0.1) is 12.7 Å². The summed E-state index contributed by atoms with van der Waals surface area (Å²) in [5.74, 6) is -1.53. The molecule has 7 heteroatoms. The first-order valence-corrected chi connectivity index (χ1v) is 9.74. The van der Waals surface area contributed by atoms with Gasteiger partial charge in [0.25, 0.3) is 5.56 Å². The predicted octanol–water partition coefficient (Wildman–Crippen LogP) is 2.43. The maximum absolute atomic E-state index is 15.2. The number of nitrogens with zero attached hydrogens (tertiary/aromatic N) is 2. The summed E-state index contributed by atoms with van der Waals surface area (Å²) in [5.41, 5.74) is 3.02. The van der Waals surface area contributed by atoms with E-state index in [1.807, 2.05) is 11.8 Å². The summed E-state index contributed by atoms with van der Waals surface area (Å²) in [6, 6.07) is 1.74. The van der Waals surface area contributed by atoms with E-state index in [-0.39, 0.29) is 17.5 Å². The maximum Gasteiger partial charge on any atom is 0.341 e. The Kier molecular flexibility index (Phi) is 3.84. The number of nitrogens with one attached hydrogen (secondary N) is 1. The van der Waals surface area contributed by atoms with Crippen LogP contribution in [0.15, 0.2) is 28.7 Å². The molecule has 3 aliphatic rings. The Labute approximate surface area is 161 Å². The largest absolute Gasteiger partial charge is 0.477 e. The average molecular weight is 383 g/mol. The Hall–Kier alpha value is -2.67. The van der Waals surface area contributed by atoms with E-state index in [2.05, 4.69) is 11.4 Å². The standard InChI is InChI=1S/C21H22FN3O3/c1-11-18-14(12-4-5-12)7-15(21(27)28)20(26)25(18)9-16(22)19(11)24-8-13-3-2-6-23-17(13)10-24/h3,7,9,12,17,23H,2,4-6,8,10H2,1H3,(H,27,28)/t17-/m0/s1. The molecule has 0 radical (unpaired) electrons. The van der Waals surface area contributed by atoms with Crippen LogP contribution in [0.3, 0.4) is 0 Å². The van der Waals surface area contributed by atoms with E-state index in [4.69, 9.17) is 0 Å². The highest BCUT2D eigenvalue weighted by atomic mass is 19.1. The molecule has 2 aliphatic heterocycles. The zero-order chi connectivity index (χ0) is 19.6. The fraction of sp³-hybridized carbons (Fsp3) is 0.429. The van der Waals surface area contributed by atoms with Gasteiger partial charge in [0.05, 0.1) is 17.4 Å². The molecule has 2 aromatic heterocycles. The number of aromatic carboxylic acids is 1. The van der Waals surface area contributed by atoms with Crippen molar-refractivity contribution in [3.63, 3.8) is 0 Å². The van der Waals surface area contributed by atoms with E-state index in [1.54, 1.807) is 0 Å². The third kappa shape index (κ3) is 2.57. The summed E-state index contributed by atoms with van der Waals surface area (Å²) >= 11 is 0. The van der Waals surface area contributed by atoms with Gasteiger partial charge in [-0.15, -0.1) is 0 Å². The minimum absolute atomic E-state index is 0.233. The van der Waals surface area contributed by atoms with Gasteiger partial charge in [-0.25, -0.2) is 9.18 Å². The average Bonchev–Trinajstić information content (AvgIpc) is 3.41. The molecule has 0 unspecified atom stereocenters. The van der Waals surface area contributed by atoms with Gasteiger partial charge < -0.3 is 15.3 Å². The molecule has 6 nitrogen and oxygen atoms in total.